The number of ether oxygens (including phenoxy) is 3. The van der Waals surface area contributed by atoms with Crippen molar-refractivity contribution in [2.45, 2.75) is 50.4 Å². The number of hydrogen-bond acceptors (Lipinski definition) is 6. The summed E-state index contributed by atoms with van der Waals surface area (Å²) >= 11 is 3.50. The number of fused-ring (bicyclic) bond motifs is 4. The number of nitrogens with zero attached hydrogens (tertiary/aromatic N) is 1. The molecule has 3 aliphatic rings. The van der Waals surface area contributed by atoms with Crippen molar-refractivity contribution in [2.24, 2.45) is 5.92 Å². The van der Waals surface area contributed by atoms with Crippen LogP contribution in [-0.2, 0) is 19.0 Å². The number of benzene rings is 1. The Hall–Kier alpha value is -2.51. The van der Waals surface area contributed by atoms with Crippen molar-refractivity contribution in [1.29, 1.82) is 0 Å². The van der Waals surface area contributed by atoms with Gasteiger partial charge in [-0.1, -0.05) is 28.6 Å². The van der Waals surface area contributed by atoms with Crippen LogP contribution in [-0.4, -0.2) is 41.3 Å². The van der Waals surface area contributed by atoms with Crippen LogP contribution in [0.4, 0.5) is 0 Å². The highest BCUT2D eigenvalue weighted by molar-refractivity contribution is 9.10. The van der Waals surface area contributed by atoms with Crippen LogP contribution in [0.25, 0.3) is 10.9 Å². The van der Waals surface area contributed by atoms with E-state index in [2.05, 4.69) is 40.5 Å². The molecular weight excluding hydrogens is 474 g/mol. The molecule has 0 bridgehead atoms. The van der Waals surface area contributed by atoms with Gasteiger partial charge >= 0.3 is 11.9 Å². The van der Waals surface area contributed by atoms with E-state index in [0.717, 1.165) is 33.8 Å². The smallest absolute Gasteiger partial charge is 0.338 e. The molecule has 2 aromatic rings. The molecule has 4 atom stereocenters. The summed E-state index contributed by atoms with van der Waals surface area (Å²) in [7, 11) is 0. The second-order valence-electron chi connectivity index (χ2n) is 8.89. The first-order valence-corrected chi connectivity index (χ1v) is 11.6. The third-order valence-corrected chi connectivity index (χ3v) is 7.44. The van der Waals surface area contributed by atoms with Crippen LogP contribution in [0, 0.1) is 5.92 Å². The highest BCUT2D eigenvalue weighted by atomic mass is 79.9. The van der Waals surface area contributed by atoms with Crippen molar-refractivity contribution in [1.82, 2.24) is 4.98 Å². The molecular formula is C25H24BrNO5. The molecule has 0 radical (unpaired) electrons. The Labute approximate surface area is 194 Å². The number of epoxide rings is 1. The number of carbonyl (C=O) groups is 2. The molecule has 2 fully saturated rings. The van der Waals surface area contributed by atoms with Crippen LogP contribution in [0.15, 0.2) is 58.7 Å². The Morgan fingerprint density at radius 1 is 1.38 bits per heavy atom. The van der Waals surface area contributed by atoms with Gasteiger partial charge in [-0.3, -0.25) is 4.98 Å². The van der Waals surface area contributed by atoms with Gasteiger partial charge < -0.3 is 14.2 Å². The Morgan fingerprint density at radius 3 is 3.06 bits per heavy atom. The molecule has 32 heavy (non-hydrogen) atoms. The lowest BCUT2D eigenvalue weighted by molar-refractivity contribution is -0.140. The van der Waals surface area contributed by atoms with Gasteiger partial charge in [-0.25, -0.2) is 9.59 Å². The van der Waals surface area contributed by atoms with Crippen LogP contribution in [0.5, 0.6) is 0 Å². The van der Waals surface area contributed by atoms with Crippen molar-refractivity contribution in [2.75, 3.05) is 6.61 Å². The fourth-order valence-electron chi connectivity index (χ4n) is 4.73. The van der Waals surface area contributed by atoms with Gasteiger partial charge in [0.15, 0.2) is 0 Å². The second-order valence-corrected chi connectivity index (χ2v) is 9.75. The third-order valence-electron chi connectivity index (χ3n) is 6.75. The topological polar surface area (TPSA) is 78.0 Å². The molecule has 2 aliphatic heterocycles. The van der Waals surface area contributed by atoms with Gasteiger partial charge in [0.25, 0.3) is 0 Å². The first-order valence-electron chi connectivity index (χ1n) is 10.8. The van der Waals surface area contributed by atoms with Gasteiger partial charge in [-0.15, -0.1) is 0 Å². The Balaban J connectivity index is 1.29. The molecule has 6 nitrogen and oxygen atoms in total. The van der Waals surface area contributed by atoms with Gasteiger partial charge in [-0.05, 0) is 62.4 Å². The summed E-state index contributed by atoms with van der Waals surface area (Å²) in [6, 6.07) is 7.18. The minimum Gasteiger partial charge on any atom is -0.458 e. The number of hydrogen-bond donors (Lipinski definition) is 0. The van der Waals surface area contributed by atoms with Crippen molar-refractivity contribution >= 4 is 38.8 Å². The minimum absolute atomic E-state index is 0.0646. The van der Waals surface area contributed by atoms with E-state index in [0.29, 0.717) is 24.0 Å². The molecule has 0 saturated carbocycles. The zero-order valence-electron chi connectivity index (χ0n) is 17.8. The summed E-state index contributed by atoms with van der Waals surface area (Å²) < 4.78 is 18.1. The molecule has 7 heteroatoms. The lowest BCUT2D eigenvalue weighted by atomic mass is 9.84. The Kier molecular flexibility index (Phi) is 5.42. The maximum absolute atomic E-state index is 12.7. The zero-order valence-corrected chi connectivity index (χ0v) is 19.4. The maximum atomic E-state index is 12.7. The Bertz CT molecular complexity index is 1160. The lowest BCUT2D eigenvalue weighted by Gasteiger charge is -2.20. The van der Waals surface area contributed by atoms with Crippen LogP contribution in [0.2, 0.25) is 0 Å². The van der Waals surface area contributed by atoms with Crippen molar-refractivity contribution in [3.05, 3.63) is 64.3 Å². The quantitative estimate of drug-likeness (QED) is 0.259. The lowest BCUT2D eigenvalue weighted by Crippen LogP contribution is -2.29. The molecule has 1 aliphatic carbocycles. The molecule has 166 valence electrons. The van der Waals surface area contributed by atoms with Gasteiger partial charge in [0.05, 0.1) is 16.7 Å². The largest absolute Gasteiger partial charge is 0.458 e. The first-order chi connectivity index (χ1) is 15.4. The van der Waals surface area contributed by atoms with E-state index < -0.39 is 0 Å². The Morgan fingerprint density at radius 2 is 2.22 bits per heavy atom. The maximum Gasteiger partial charge on any atom is 0.338 e. The molecule has 2 saturated heterocycles. The summed E-state index contributed by atoms with van der Waals surface area (Å²) in [5, 5.41) is 0.863. The van der Waals surface area contributed by atoms with Crippen LogP contribution >= 0.6 is 15.9 Å². The normalized spacial score (nSPS) is 31.2. The number of halogens is 1. The molecule has 0 N–H and O–H groups in total. The zero-order chi connectivity index (χ0) is 22.5. The second kappa shape index (κ2) is 8.12. The van der Waals surface area contributed by atoms with Gasteiger partial charge in [-0.2, -0.15) is 0 Å². The highest BCUT2D eigenvalue weighted by Crippen LogP contribution is 2.49. The molecule has 0 amide bonds. The molecule has 0 unspecified atom stereocenters. The average molecular weight is 498 g/mol. The summed E-state index contributed by atoms with van der Waals surface area (Å²) in [5.74, 6) is -0.775. The van der Waals surface area contributed by atoms with E-state index in [1.807, 2.05) is 12.1 Å². The van der Waals surface area contributed by atoms with Crippen LogP contribution in [0.3, 0.4) is 0 Å². The van der Waals surface area contributed by atoms with E-state index in [9.17, 15) is 9.59 Å². The van der Waals surface area contributed by atoms with Gasteiger partial charge in [0, 0.05) is 27.5 Å². The number of rotatable bonds is 3. The number of pyridine rings is 1. The summed E-state index contributed by atoms with van der Waals surface area (Å²) in [4.78, 5) is 29.1. The van der Waals surface area contributed by atoms with E-state index in [-0.39, 0.29) is 42.3 Å². The monoisotopic (exact) mass is 497 g/mol. The summed E-state index contributed by atoms with van der Waals surface area (Å²) in [6.07, 6.45) is 6.59. The molecule has 5 rings (SSSR count). The van der Waals surface area contributed by atoms with Gasteiger partial charge in [0.1, 0.15) is 18.8 Å². The van der Waals surface area contributed by atoms with E-state index in [1.165, 1.54) is 0 Å². The third kappa shape index (κ3) is 3.88. The average Bonchev–Trinajstić information content (AvgIpc) is 3.37. The standard InChI is InChI=1S/C25H24BrNO5/c1-14-17-7-5-15(4-3-10-25(2)22(32-25)21(17)31-23(14)28)13-30-24(29)16-6-8-20-18(12-16)19(26)9-11-27-20/h4,6,8-9,11-12,17,21-22H,1,3,5,7,10,13H2,2H3/b15-4+/t17-,21-,22-,25+/m0/s1. The van der Waals surface area contributed by atoms with E-state index >= 15 is 0 Å². The number of aromatic nitrogens is 1. The number of esters is 2. The minimum atomic E-state index is -0.375. The summed E-state index contributed by atoms with van der Waals surface area (Å²) in [5.41, 5.74) is 2.56. The number of carbonyl (C=O) groups excluding carboxylic acids is 2. The predicted molar refractivity (Wildman–Crippen MR) is 122 cm³/mol. The van der Waals surface area contributed by atoms with Crippen LogP contribution < -0.4 is 0 Å². The van der Waals surface area contributed by atoms with E-state index in [4.69, 9.17) is 14.2 Å². The molecule has 1 aromatic carbocycles. The van der Waals surface area contributed by atoms with Gasteiger partial charge in [0.2, 0.25) is 0 Å². The van der Waals surface area contributed by atoms with Crippen molar-refractivity contribution in [3.63, 3.8) is 0 Å². The number of allylic oxidation sites excluding steroid dienone is 1. The van der Waals surface area contributed by atoms with Crippen molar-refractivity contribution < 1.29 is 23.8 Å². The molecule has 0 spiro atoms. The van der Waals surface area contributed by atoms with E-state index in [1.54, 1.807) is 18.3 Å². The fraction of sp³-hybridized carbons (Fsp3) is 0.400. The molecule has 1 aromatic heterocycles. The fourth-order valence-corrected chi connectivity index (χ4v) is 5.17. The summed E-state index contributed by atoms with van der Waals surface area (Å²) in [6.45, 7) is 6.22. The SMILES string of the molecule is C=C1C(=O)O[C@H]2[C@H]1CC/C(COC(=O)c1ccc3nccc(Br)c3c1)=C\CC[C@@]1(C)O[C@@H]21. The first kappa shape index (κ1) is 21.3. The van der Waals surface area contributed by atoms with Crippen molar-refractivity contribution in [3.8, 4) is 0 Å². The predicted octanol–water partition coefficient (Wildman–Crippen LogP) is 4.91. The molecule has 3 heterocycles. The van der Waals surface area contributed by atoms with Crippen LogP contribution in [0.1, 0.15) is 43.0 Å². The highest BCUT2D eigenvalue weighted by Gasteiger charge is 2.61.